The van der Waals surface area contributed by atoms with Crippen molar-refractivity contribution in [2.75, 3.05) is 29.5 Å². The highest BCUT2D eigenvalue weighted by Gasteiger charge is 2.39. The number of ether oxygens (including phenoxy) is 1. The zero-order valence-corrected chi connectivity index (χ0v) is 15.6. The van der Waals surface area contributed by atoms with Crippen LogP contribution >= 0.6 is 23.4 Å². The molecule has 1 aliphatic heterocycles. The van der Waals surface area contributed by atoms with Crippen LogP contribution in [-0.4, -0.2) is 40.5 Å². The zero-order valence-electron chi connectivity index (χ0n) is 14.0. The molecule has 0 N–H and O–H groups in total. The van der Waals surface area contributed by atoms with Crippen molar-refractivity contribution >= 4 is 35.3 Å². The largest absolute Gasteiger partial charge is 0.457 e. The summed E-state index contributed by atoms with van der Waals surface area (Å²) in [4.78, 5) is 21.4. The molecule has 0 spiro atoms. The Hall–Kier alpha value is -2.00. The lowest BCUT2D eigenvalue weighted by molar-refractivity contribution is -0.141. The molecule has 1 aromatic carbocycles. The maximum absolute atomic E-state index is 13.4. The van der Waals surface area contributed by atoms with E-state index in [-0.39, 0.29) is 12.6 Å². The number of anilines is 1. The van der Waals surface area contributed by atoms with Gasteiger partial charge in [0.15, 0.2) is 5.69 Å². The predicted octanol–water partition coefficient (Wildman–Crippen LogP) is 4.06. The van der Waals surface area contributed by atoms with Gasteiger partial charge in [-0.15, -0.1) is 0 Å². The number of rotatable bonds is 4. The van der Waals surface area contributed by atoms with Gasteiger partial charge in [-0.2, -0.15) is 24.9 Å². The Morgan fingerprint density at radius 3 is 2.52 bits per heavy atom. The van der Waals surface area contributed by atoms with Crippen molar-refractivity contribution in [2.45, 2.75) is 12.8 Å². The van der Waals surface area contributed by atoms with E-state index in [9.17, 15) is 18.0 Å². The van der Waals surface area contributed by atoms with Crippen molar-refractivity contribution in [3.05, 3.63) is 52.3 Å². The molecule has 10 heteroatoms. The third kappa shape index (κ3) is 5.04. The van der Waals surface area contributed by atoms with Crippen molar-refractivity contribution in [1.82, 2.24) is 9.97 Å². The van der Waals surface area contributed by atoms with Gasteiger partial charge in [0.2, 0.25) is 5.95 Å². The van der Waals surface area contributed by atoms with Crippen LogP contribution in [0.15, 0.2) is 30.5 Å². The van der Waals surface area contributed by atoms with Crippen LogP contribution in [0.2, 0.25) is 5.02 Å². The van der Waals surface area contributed by atoms with E-state index in [1.165, 1.54) is 0 Å². The minimum absolute atomic E-state index is 0.0307. The normalized spacial score (nSPS) is 14.9. The van der Waals surface area contributed by atoms with E-state index >= 15 is 0 Å². The first-order valence-electron chi connectivity index (χ1n) is 8.03. The smallest absolute Gasteiger partial charge is 0.434 e. The van der Waals surface area contributed by atoms with Crippen LogP contribution in [0.5, 0.6) is 0 Å². The molecule has 1 fully saturated rings. The van der Waals surface area contributed by atoms with Gasteiger partial charge in [0.05, 0.1) is 0 Å². The molecule has 0 amide bonds. The molecule has 0 saturated carbocycles. The van der Waals surface area contributed by atoms with Crippen LogP contribution in [0.3, 0.4) is 0 Å². The van der Waals surface area contributed by atoms with E-state index in [1.54, 1.807) is 40.9 Å². The lowest BCUT2D eigenvalue weighted by Crippen LogP contribution is -2.34. The highest BCUT2D eigenvalue weighted by molar-refractivity contribution is 7.99. The fourth-order valence-electron chi connectivity index (χ4n) is 2.46. The number of halogens is 4. The minimum atomic E-state index is -4.79. The van der Waals surface area contributed by atoms with E-state index in [0.29, 0.717) is 23.7 Å². The maximum atomic E-state index is 13.4. The third-order valence-corrected chi connectivity index (χ3v) is 5.04. The van der Waals surface area contributed by atoms with Crippen LogP contribution in [0.25, 0.3) is 0 Å². The molecule has 0 unspecified atom stereocenters. The molecule has 1 saturated heterocycles. The SMILES string of the molecule is O=C(OCc1ccc(Cl)cc1)c1cnc(N2CCSCC2)nc1C(F)(F)F. The van der Waals surface area contributed by atoms with Gasteiger partial charge in [0.1, 0.15) is 12.2 Å². The Bertz CT molecular complexity index is 812. The molecule has 27 heavy (non-hydrogen) atoms. The van der Waals surface area contributed by atoms with Crippen LogP contribution in [-0.2, 0) is 17.5 Å². The number of hydrogen-bond acceptors (Lipinski definition) is 6. The molecule has 0 radical (unpaired) electrons. The van der Waals surface area contributed by atoms with E-state index in [2.05, 4.69) is 9.97 Å². The second kappa shape index (κ2) is 8.35. The van der Waals surface area contributed by atoms with E-state index in [1.807, 2.05) is 0 Å². The summed E-state index contributed by atoms with van der Waals surface area (Å²) in [5.74, 6) is 0.417. The van der Waals surface area contributed by atoms with Gasteiger partial charge in [-0.3, -0.25) is 0 Å². The summed E-state index contributed by atoms with van der Waals surface area (Å²) < 4.78 is 45.3. The first kappa shape index (κ1) is 19.8. The van der Waals surface area contributed by atoms with E-state index < -0.39 is 23.4 Å². The van der Waals surface area contributed by atoms with Gasteiger partial charge in [-0.1, -0.05) is 23.7 Å². The molecule has 144 valence electrons. The summed E-state index contributed by atoms with van der Waals surface area (Å²) in [7, 11) is 0. The predicted molar refractivity (Wildman–Crippen MR) is 97.1 cm³/mol. The van der Waals surface area contributed by atoms with E-state index in [0.717, 1.165) is 17.7 Å². The number of aromatic nitrogens is 2. The van der Waals surface area contributed by atoms with Crippen LogP contribution in [0, 0.1) is 0 Å². The molecule has 0 atom stereocenters. The lowest BCUT2D eigenvalue weighted by Gasteiger charge is -2.27. The van der Waals surface area contributed by atoms with Crippen LogP contribution < -0.4 is 4.90 Å². The Balaban J connectivity index is 1.80. The van der Waals surface area contributed by atoms with Crippen LogP contribution in [0.4, 0.5) is 19.1 Å². The molecule has 5 nitrogen and oxygen atoms in total. The minimum Gasteiger partial charge on any atom is -0.457 e. The van der Waals surface area contributed by atoms with Gasteiger partial charge in [0, 0.05) is 35.8 Å². The number of benzene rings is 1. The summed E-state index contributed by atoms with van der Waals surface area (Å²) in [5.41, 5.74) is -1.39. The number of thioether (sulfide) groups is 1. The fraction of sp³-hybridized carbons (Fsp3) is 0.353. The summed E-state index contributed by atoms with van der Waals surface area (Å²) >= 11 is 7.48. The molecule has 1 aliphatic rings. The second-order valence-corrected chi connectivity index (χ2v) is 7.39. The van der Waals surface area contributed by atoms with Gasteiger partial charge in [-0.25, -0.2) is 14.8 Å². The van der Waals surface area contributed by atoms with Crippen molar-refractivity contribution in [1.29, 1.82) is 0 Å². The zero-order chi connectivity index (χ0) is 19.4. The summed E-state index contributed by atoms with van der Waals surface area (Å²) in [6, 6.07) is 6.43. The molecule has 2 heterocycles. The lowest BCUT2D eigenvalue weighted by atomic mass is 10.2. The van der Waals surface area contributed by atoms with Crippen molar-refractivity contribution < 1.29 is 22.7 Å². The number of nitrogens with zero attached hydrogens (tertiary/aromatic N) is 3. The number of alkyl halides is 3. The van der Waals surface area contributed by atoms with Gasteiger partial charge >= 0.3 is 12.1 Å². The Morgan fingerprint density at radius 2 is 1.89 bits per heavy atom. The molecule has 1 aromatic heterocycles. The standard InChI is InChI=1S/C17H15ClF3N3O2S/c18-12-3-1-11(2-4-12)10-26-15(25)13-9-22-16(23-14(13)17(19,20)21)24-5-7-27-8-6-24/h1-4,9H,5-8,10H2. The van der Waals surface area contributed by atoms with Crippen molar-refractivity contribution in [3.8, 4) is 0 Å². The highest BCUT2D eigenvalue weighted by Crippen LogP contribution is 2.32. The van der Waals surface area contributed by atoms with Gasteiger partial charge in [-0.05, 0) is 17.7 Å². The monoisotopic (exact) mass is 417 g/mol. The summed E-state index contributed by atoms with van der Waals surface area (Å²) in [6.07, 6.45) is -3.91. The number of carbonyl (C=O) groups is 1. The number of carbonyl (C=O) groups excluding carboxylic acids is 1. The maximum Gasteiger partial charge on any atom is 0.434 e. The Kier molecular flexibility index (Phi) is 6.11. The van der Waals surface area contributed by atoms with Crippen LogP contribution in [0.1, 0.15) is 21.6 Å². The quantitative estimate of drug-likeness (QED) is 0.699. The molecule has 0 aliphatic carbocycles. The fourth-order valence-corrected chi connectivity index (χ4v) is 3.49. The average molecular weight is 418 g/mol. The van der Waals surface area contributed by atoms with Crippen molar-refractivity contribution in [3.63, 3.8) is 0 Å². The average Bonchev–Trinajstić information content (AvgIpc) is 2.67. The van der Waals surface area contributed by atoms with Gasteiger partial charge < -0.3 is 9.64 Å². The molecule has 3 rings (SSSR count). The number of esters is 1. The summed E-state index contributed by atoms with van der Waals surface area (Å²) in [5, 5.41) is 0.504. The second-order valence-electron chi connectivity index (χ2n) is 5.73. The molecular formula is C17H15ClF3N3O2S. The topological polar surface area (TPSA) is 55.3 Å². The molecule has 0 bridgehead atoms. The van der Waals surface area contributed by atoms with Gasteiger partial charge in [0.25, 0.3) is 0 Å². The Labute approximate surface area is 162 Å². The molecule has 2 aromatic rings. The number of hydrogen-bond donors (Lipinski definition) is 0. The highest BCUT2D eigenvalue weighted by atomic mass is 35.5. The Morgan fingerprint density at radius 1 is 1.22 bits per heavy atom. The third-order valence-electron chi connectivity index (χ3n) is 3.84. The molecular weight excluding hydrogens is 403 g/mol. The first-order valence-corrected chi connectivity index (χ1v) is 9.56. The van der Waals surface area contributed by atoms with Crippen molar-refractivity contribution in [2.24, 2.45) is 0 Å². The summed E-state index contributed by atoms with van der Waals surface area (Å²) in [6.45, 7) is 0.934. The van der Waals surface area contributed by atoms with E-state index in [4.69, 9.17) is 16.3 Å². The first-order chi connectivity index (χ1) is 12.8.